The SMILES string of the molecule is CCCCC[C@H](c1ccc(O)c(O)c1O)N1CCNCC1. The maximum absolute atomic E-state index is 10.2. The van der Waals surface area contributed by atoms with Crippen LogP contribution in [0.2, 0.25) is 0 Å². The van der Waals surface area contributed by atoms with Gasteiger partial charge in [-0.1, -0.05) is 26.2 Å². The van der Waals surface area contributed by atoms with Crippen LogP contribution in [0.3, 0.4) is 0 Å². The van der Waals surface area contributed by atoms with Crippen LogP contribution in [0, 0.1) is 0 Å². The Morgan fingerprint density at radius 3 is 2.48 bits per heavy atom. The molecule has 2 rings (SSSR count). The highest BCUT2D eigenvalue weighted by atomic mass is 16.3. The molecule has 21 heavy (non-hydrogen) atoms. The first-order valence-electron chi connectivity index (χ1n) is 7.83. The van der Waals surface area contributed by atoms with Gasteiger partial charge in [0.1, 0.15) is 0 Å². The summed E-state index contributed by atoms with van der Waals surface area (Å²) in [6.07, 6.45) is 4.35. The third-order valence-electron chi connectivity index (χ3n) is 4.19. The van der Waals surface area contributed by atoms with Crippen molar-refractivity contribution in [1.29, 1.82) is 0 Å². The van der Waals surface area contributed by atoms with E-state index in [9.17, 15) is 15.3 Å². The summed E-state index contributed by atoms with van der Waals surface area (Å²) >= 11 is 0. The Bertz CT molecular complexity index is 459. The van der Waals surface area contributed by atoms with Crippen LogP contribution in [0.4, 0.5) is 0 Å². The molecule has 5 heteroatoms. The topological polar surface area (TPSA) is 76.0 Å². The summed E-state index contributed by atoms with van der Waals surface area (Å²) in [6, 6.07) is 3.27. The van der Waals surface area contributed by atoms with Crippen LogP contribution in [-0.2, 0) is 0 Å². The molecule has 0 amide bonds. The number of rotatable bonds is 6. The molecule has 0 radical (unpaired) electrons. The largest absolute Gasteiger partial charge is 0.504 e. The Morgan fingerprint density at radius 1 is 1.10 bits per heavy atom. The molecule has 4 N–H and O–H groups in total. The molecule has 118 valence electrons. The van der Waals surface area contributed by atoms with Crippen molar-refractivity contribution < 1.29 is 15.3 Å². The van der Waals surface area contributed by atoms with Gasteiger partial charge in [-0.05, 0) is 18.6 Å². The number of piperazine rings is 1. The Kier molecular flexibility index (Phi) is 5.70. The van der Waals surface area contributed by atoms with Crippen molar-refractivity contribution in [2.24, 2.45) is 0 Å². The molecule has 0 bridgehead atoms. The molecular weight excluding hydrogens is 268 g/mol. The molecule has 1 atom stereocenters. The van der Waals surface area contributed by atoms with Gasteiger partial charge in [-0.3, -0.25) is 4.90 Å². The third kappa shape index (κ3) is 3.80. The lowest BCUT2D eigenvalue weighted by Crippen LogP contribution is -2.45. The maximum atomic E-state index is 10.2. The van der Waals surface area contributed by atoms with Crippen molar-refractivity contribution in [3.8, 4) is 17.2 Å². The number of nitrogens with one attached hydrogen (secondary N) is 1. The Hall–Kier alpha value is -1.46. The lowest BCUT2D eigenvalue weighted by atomic mass is 9.96. The van der Waals surface area contributed by atoms with Crippen molar-refractivity contribution >= 4 is 0 Å². The second-order valence-corrected chi connectivity index (χ2v) is 5.67. The predicted octanol–water partition coefficient (Wildman–Crippen LogP) is 2.33. The summed E-state index contributed by atoms with van der Waals surface area (Å²) < 4.78 is 0. The molecule has 1 aliphatic heterocycles. The molecule has 0 aliphatic carbocycles. The number of unbranched alkanes of at least 4 members (excludes halogenated alkanes) is 2. The predicted molar refractivity (Wildman–Crippen MR) is 82.8 cm³/mol. The maximum Gasteiger partial charge on any atom is 0.200 e. The highest BCUT2D eigenvalue weighted by Gasteiger charge is 2.26. The Balaban J connectivity index is 2.23. The van der Waals surface area contributed by atoms with Gasteiger partial charge in [0.2, 0.25) is 5.75 Å². The van der Waals surface area contributed by atoms with Gasteiger partial charge in [-0.2, -0.15) is 0 Å². The van der Waals surface area contributed by atoms with Gasteiger partial charge < -0.3 is 20.6 Å². The van der Waals surface area contributed by atoms with Crippen LogP contribution < -0.4 is 5.32 Å². The number of hydrogen-bond donors (Lipinski definition) is 4. The molecule has 1 aromatic carbocycles. The standard InChI is InChI=1S/C16H26N2O3/c1-2-3-4-5-13(18-10-8-17-9-11-18)12-6-7-14(19)16(21)15(12)20/h6-7,13,17,19-21H,2-5,8-11H2,1H3/t13-/m1/s1. The van der Waals surface area contributed by atoms with Gasteiger partial charge in [0, 0.05) is 37.8 Å². The number of aromatic hydroxyl groups is 3. The van der Waals surface area contributed by atoms with Crippen LogP contribution in [0.25, 0.3) is 0 Å². The zero-order chi connectivity index (χ0) is 15.2. The highest BCUT2D eigenvalue weighted by Crippen LogP contribution is 2.42. The van der Waals surface area contributed by atoms with Crippen LogP contribution >= 0.6 is 0 Å². The van der Waals surface area contributed by atoms with Gasteiger partial charge in [-0.25, -0.2) is 0 Å². The van der Waals surface area contributed by atoms with E-state index in [0.717, 1.165) is 51.9 Å². The highest BCUT2D eigenvalue weighted by molar-refractivity contribution is 5.54. The normalized spacial score (nSPS) is 17.8. The van der Waals surface area contributed by atoms with Crippen LogP contribution in [0.15, 0.2) is 12.1 Å². The first-order chi connectivity index (χ1) is 10.1. The lowest BCUT2D eigenvalue weighted by Gasteiger charge is -2.35. The van der Waals surface area contributed by atoms with Crippen molar-refractivity contribution in [2.45, 2.75) is 38.6 Å². The molecule has 1 heterocycles. The van der Waals surface area contributed by atoms with Crippen molar-refractivity contribution in [2.75, 3.05) is 26.2 Å². The van der Waals surface area contributed by atoms with Crippen molar-refractivity contribution in [3.05, 3.63) is 17.7 Å². The number of phenolic OH excluding ortho intramolecular Hbond substituents is 3. The molecule has 1 fully saturated rings. The van der Waals surface area contributed by atoms with E-state index in [0.29, 0.717) is 5.56 Å². The molecule has 0 spiro atoms. The second-order valence-electron chi connectivity index (χ2n) is 5.67. The minimum absolute atomic E-state index is 0.0881. The smallest absolute Gasteiger partial charge is 0.200 e. The molecular formula is C16H26N2O3. The van der Waals surface area contributed by atoms with Gasteiger partial charge in [-0.15, -0.1) is 0 Å². The molecule has 1 aliphatic rings. The summed E-state index contributed by atoms with van der Waals surface area (Å²) in [5, 5.41) is 32.8. The van der Waals surface area contributed by atoms with Gasteiger partial charge >= 0.3 is 0 Å². The van der Waals surface area contributed by atoms with Crippen LogP contribution in [-0.4, -0.2) is 46.4 Å². The summed E-state index contributed by atoms with van der Waals surface area (Å²) in [4.78, 5) is 2.34. The van der Waals surface area contributed by atoms with Gasteiger partial charge in [0.25, 0.3) is 0 Å². The van der Waals surface area contributed by atoms with E-state index >= 15 is 0 Å². The molecule has 1 aromatic rings. The summed E-state index contributed by atoms with van der Waals surface area (Å²) in [5.41, 5.74) is 0.711. The summed E-state index contributed by atoms with van der Waals surface area (Å²) in [6.45, 7) is 5.91. The lowest BCUT2D eigenvalue weighted by molar-refractivity contribution is 0.159. The quantitative estimate of drug-likeness (QED) is 0.478. The van der Waals surface area contributed by atoms with Gasteiger partial charge in [0.05, 0.1) is 0 Å². The van der Waals surface area contributed by atoms with E-state index in [-0.39, 0.29) is 17.5 Å². The number of phenols is 3. The monoisotopic (exact) mass is 294 g/mol. The molecule has 0 aromatic heterocycles. The van der Waals surface area contributed by atoms with Crippen molar-refractivity contribution in [3.63, 3.8) is 0 Å². The van der Waals surface area contributed by atoms with Gasteiger partial charge in [0.15, 0.2) is 11.5 Å². The summed E-state index contributed by atoms with van der Waals surface area (Å²) in [7, 11) is 0. The number of benzene rings is 1. The average Bonchev–Trinajstić information content (AvgIpc) is 2.51. The second kappa shape index (κ2) is 7.52. The average molecular weight is 294 g/mol. The van der Waals surface area contributed by atoms with E-state index in [4.69, 9.17) is 0 Å². The minimum Gasteiger partial charge on any atom is -0.504 e. The minimum atomic E-state index is -0.414. The Labute approximate surface area is 126 Å². The van der Waals surface area contributed by atoms with E-state index < -0.39 is 5.75 Å². The third-order valence-corrected chi connectivity index (χ3v) is 4.19. The molecule has 0 unspecified atom stereocenters. The molecule has 0 saturated carbocycles. The fourth-order valence-corrected chi connectivity index (χ4v) is 2.97. The fourth-order valence-electron chi connectivity index (χ4n) is 2.97. The van der Waals surface area contributed by atoms with Crippen LogP contribution in [0.1, 0.15) is 44.2 Å². The van der Waals surface area contributed by atoms with Crippen LogP contribution in [0.5, 0.6) is 17.2 Å². The van der Waals surface area contributed by atoms with E-state index in [2.05, 4.69) is 17.1 Å². The fraction of sp³-hybridized carbons (Fsp3) is 0.625. The van der Waals surface area contributed by atoms with E-state index in [1.54, 1.807) is 6.07 Å². The zero-order valence-corrected chi connectivity index (χ0v) is 12.7. The summed E-state index contributed by atoms with van der Waals surface area (Å²) in [5.74, 6) is -0.873. The first-order valence-corrected chi connectivity index (χ1v) is 7.83. The molecule has 5 nitrogen and oxygen atoms in total. The van der Waals surface area contributed by atoms with Crippen molar-refractivity contribution in [1.82, 2.24) is 10.2 Å². The number of hydrogen-bond acceptors (Lipinski definition) is 5. The van der Waals surface area contributed by atoms with E-state index in [1.165, 1.54) is 6.07 Å². The first kappa shape index (κ1) is 15.9. The Morgan fingerprint density at radius 2 is 1.81 bits per heavy atom. The number of nitrogens with zero attached hydrogens (tertiary/aromatic N) is 1. The molecule has 1 saturated heterocycles. The van der Waals surface area contributed by atoms with E-state index in [1.807, 2.05) is 0 Å². The zero-order valence-electron chi connectivity index (χ0n) is 12.7.